The van der Waals surface area contributed by atoms with Crippen molar-refractivity contribution in [2.75, 3.05) is 0 Å². The predicted octanol–water partition coefficient (Wildman–Crippen LogP) is -1.60. The van der Waals surface area contributed by atoms with E-state index in [1.807, 2.05) is 0 Å². The lowest BCUT2D eigenvalue weighted by Crippen LogP contribution is -2.47. The van der Waals surface area contributed by atoms with Crippen molar-refractivity contribution in [2.45, 2.75) is 19.3 Å². The Labute approximate surface area is 74.4 Å². The highest BCUT2D eigenvalue weighted by Gasteiger charge is 2.25. The van der Waals surface area contributed by atoms with Crippen LogP contribution in [0.5, 0.6) is 0 Å². The predicted molar refractivity (Wildman–Crippen MR) is 43.6 cm³/mol. The minimum atomic E-state index is -0.387. The molecule has 0 aromatic carbocycles. The minimum Gasteiger partial charge on any atom is -0.376 e. The molecule has 6 nitrogen and oxygen atoms in total. The van der Waals surface area contributed by atoms with Crippen LogP contribution in [0.3, 0.4) is 0 Å². The van der Waals surface area contributed by atoms with Crippen molar-refractivity contribution in [2.24, 2.45) is 5.73 Å². The van der Waals surface area contributed by atoms with Gasteiger partial charge < -0.3 is 20.7 Å². The summed E-state index contributed by atoms with van der Waals surface area (Å²) in [6.45, 7) is -0.178. The quantitative estimate of drug-likeness (QED) is 0.488. The van der Waals surface area contributed by atoms with E-state index in [-0.39, 0.29) is 18.8 Å². The van der Waals surface area contributed by atoms with Crippen LogP contribution in [0.4, 0.5) is 0 Å². The number of fused-ring (bicyclic) bond motifs is 1. The van der Waals surface area contributed by atoms with Crippen molar-refractivity contribution >= 4 is 5.91 Å². The van der Waals surface area contributed by atoms with Crippen LogP contribution in [0, 0.1) is 0 Å². The lowest BCUT2D eigenvalue weighted by Gasteiger charge is -2.19. The molecule has 1 amide bonds. The number of imidazole rings is 1. The van der Waals surface area contributed by atoms with E-state index in [9.17, 15) is 4.79 Å². The van der Waals surface area contributed by atoms with E-state index < -0.39 is 0 Å². The topological polar surface area (TPSA) is 93.2 Å². The largest absolute Gasteiger partial charge is 0.376 e. The number of hydrogen-bond donors (Lipinski definition) is 3. The van der Waals surface area contributed by atoms with Gasteiger partial charge in [-0.3, -0.25) is 4.79 Å². The van der Waals surface area contributed by atoms with Crippen LogP contribution in [0.25, 0.3) is 0 Å². The van der Waals surface area contributed by atoms with Crippen molar-refractivity contribution in [3.63, 3.8) is 0 Å². The summed E-state index contributed by atoms with van der Waals surface area (Å²) in [6.07, 6.45) is 1.55. The molecule has 4 N–H and O–H groups in total. The first kappa shape index (κ1) is 8.21. The first-order chi connectivity index (χ1) is 6.22. The van der Waals surface area contributed by atoms with Gasteiger partial charge in [-0.1, -0.05) is 0 Å². The molecule has 0 saturated heterocycles. The fraction of sp³-hybridized carbons (Fsp3) is 0.429. The summed E-state index contributed by atoms with van der Waals surface area (Å²) in [5, 5.41) is 11.5. The molecule has 6 heteroatoms. The summed E-state index contributed by atoms with van der Waals surface area (Å²) in [5.41, 5.74) is 6.62. The van der Waals surface area contributed by atoms with Crippen molar-refractivity contribution in [3.8, 4) is 0 Å². The smallest absolute Gasteiger partial charge is 0.272 e. The van der Waals surface area contributed by atoms with Crippen LogP contribution >= 0.6 is 0 Å². The molecule has 13 heavy (non-hydrogen) atoms. The minimum absolute atomic E-state index is 0.178. The number of carbonyl (C=O) groups is 1. The highest BCUT2D eigenvalue weighted by Crippen LogP contribution is 2.13. The van der Waals surface area contributed by atoms with Gasteiger partial charge in [0.2, 0.25) is 0 Å². The molecule has 1 aromatic heterocycles. The third kappa shape index (κ3) is 1.20. The van der Waals surface area contributed by atoms with Gasteiger partial charge in [0.25, 0.3) is 5.91 Å². The number of nitrogens with zero attached hydrogens (tertiary/aromatic N) is 2. The maximum Gasteiger partial charge on any atom is 0.272 e. The number of nitrogens with two attached hydrogens (primary N) is 1. The molecular weight excluding hydrogens is 172 g/mol. The summed E-state index contributed by atoms with van der Waals surface area (Å²) in [6, 6.07) is 0. The molecule has 0 spiro atoms. The van der Waals surface area contributed by atoms with E-state index in [2.05, 4.69) is 10.3 Å². The zero-order chi connectivity index (χ0) is 9.42. The molecule has 1 atom stereocenters. The number of hydrogen-bond acceptors (Lipinski definition) is 4. The molecule has 1 unspecified atom stereocenters. The summed E-state index contributed by atoms with van der Waals surface area (Å²) in [7, 11) is 0. The van der Waals surface area contributed by atoms with E-state index in [1.54, 1.807) is 0 Å². The molecule has 1 aromatic rings. The highest BCUT2D eigenvalue weighted by molar-refractivity contribution is 5.94. The van der Waals surface area contributed by atoms with Gasteiger partial charge in [0, 0.05) is 6.42 Å². The molecule has 0 aliphatic carbocycles. The number of aliphatic hydroxyl groups excluding tert-OH is 1. The van der Waals surface area contributed by atoms with Crippen molar-refractivity contribution in [3.05, 3.63) is 17.7 Å². The van der Waals surface area contributed by atoms with Gasteiger partial charge in [-0.05, 0) is 0 Å². The van der Waals surface area contributed by atoms with Gasteiger partial charge in [-0.25, -0.2) is 4.98 Å². The average Bonchev–Trinajstić information content (AvgIpc) is 2.47. The second-order valence-corrected chi connectivity index (χ2v) is 2.94. The second kappa shape index (κ2) is 2.82. The monoisotopic (exact) mass is 182 g/mol. The van der Waals surface area contributed by atoms with E-state index in [0.717, 1.165) is 0 Å². The Morgan fingerprint density at radius 3 is 3.31 bits per heavy atom. The van der Waals surface area contributed by atoms with E-state index in [0.29, 0.717) is 17.8 Å². The molecule has 0 fully saturated rings. The molecule has 0 saturated carbocycles. The number of aromatic nitrogens is 2. The highest BCUT2D eigenvalue weighted by atomic mass is 16.3. The normalized spacial score (nSPS) is 21.1. The maximum absolute atomic E-state index is 11.3. The van der Waals surface area contributed by atoms with Crippen LogP contribution in [0.2, 0.25) is 0 Å². The molecule has 2 rings (SSSR count). The molecule has 0 radical (unpaired) electrons. The molecule has 2 heterocycles. The van der Waals surface area contributed by atoms with Gasteiger partial charge in [-0.15, -0.1) is 0 Å². The summed E-state index contributed by atoms with van der Waals surface area (Å²) < 4.78 is 1.51. The van der Waals surface area contributed by atoms with E-state index in [4.69, 9.17) is 10.8 Å². The Kier molecular flexibility index (Phi) is 1.78. The van der Waals surface area contributed by atoms with Crippen LogP contribution in [0.15, 0.2) is 6.33 Å². The Morgan fingerprint density at radius 2 is 2.62 bits per heavy atom. The van der Waals surface area contributed by atoms with Crippen LogP contribution in [-0.4, -0.2) is 26.7 Å². The van der Waals surface area contributed by atoms with Gasteiger partial charge in [0.05, 0.1) is 18.2 Å². The molecule has 1 aliphatic heterocycles. The SMILES string of the molecule is NC1Cc2c(ncn2CO)C(=O)N1. The lowest BCUT2D eigenvalue weighted by molar-refractivity contribution is 0.0919. The van der Waals surface area contributed by atoms with Crippen molar-refractivity contribution in [1.29, 1.82) is 0 Å². The number of amides is 1. The Hall–Kier alpha value is -1.40. The summed E-state index contributed by atoms with van der Waals surface area (Å²) in [5.74, 6) is -0.277. The van der Waals surface area contributed by atoms with Gasteiger partial charge in [-0.2, -0.15) is 0 Å². The molecule has 1 aliphatic rings. The number of carbonyl (C=O) groups excluding carboxylic acids is 1. The zero-order valence-electron chi connectivity index (χ0n) is 6.90. The van der Waals surface area contributed by atoms with Crippen molar-refractivity contribution in [1.82, 2.24) is 14.9 Å². The maximum atomic E-state index is 11.3. The molecular formula is C7H10N4O2. The Morgan fingerprint density at radius 1 is 1.85 bits per heavy atom. The molecule has 0 bridgehead atoms. The first-order valence-electron chi connectivity index (χ1n) is 3.93. The lowest BCUT2D eigenvalue weighted by atomic mass is 10.1. The summed E-state index contributed by atoms with van der Waals surface area (Å²) in [4.78, 5) is 15.2. The Bertz CT molecular complexity index is 346. The summed E-state index contributed by atoms with van der Waals surface area (Å²) >= 11 is 0. The Balaban J connectivity index is 2.45. The molecule has 70 valence electrons. The average molecular weight is 182 g/mol. The second-order valence-electron chi connectivity index (χ2n) is 2.94. The standard InChI is InChI=1S/C7H10N4O2/c8-5-1-4-6(7(13)10-5)9-2-11(4)3-12/h2,5,12H,1,3,8H2,(H,10,13). The first-order valence-corrected chi connectivity index (χ1v) is 3.93. The van der Waals surface area contributed by atoms with Crippen LogP contribution < -0.4 is 11.1 Å². The number of rotatable bonds is 1. The van der Waals surface area contributed by atoms with E-state index >= 15 is 0 Å². The van der Waals surface area contributed by atoms with E-state index in [1.165, 1.54) is 10.9 Å². The van der Waals surface area contributed by atoms with Crippen LogP contribution in [0.1, 0.15) is 16.2 Å². The fourth-order valence-electron chi connectivity index (χ4n) is 1.43. The fourth-order valence-corrected chi connectivity index (χ4v) is 1.43. The van der Waals surface area contributed by atoms with Gasteiger partial charge in [0.15, 0.2) is 0 Å². The van der Waals surface area contributed by atoms with Crippen molar-refractivity contribution < 1.29 is 9.90 Å². The van der Waals surface area contributed by atoms with Gasteiger partial charge >= 0.3 is 0 Å². The number of nitrogens with one attached hydrogen (secondary N) is 1. The van der Waals surface area contributed by atoms with Gasteiger partial charge in [0.1, 0.15) is 12.4 Å². The zero-order valence-corrected chi connectivity index (χ0v) is 6.90. The third-order valence-electron chi connectivity index (χ3n) is 2.04. The number of aliphatic hydroxyl groups is 1. The third-order valence-corrected chi connectivity index (χ3v) is 2.04. The van der Waals surface area contributed by atoms with Crippen LogP contribution in [-0.2, 0) is 13.2 Å².